The number of carbonyl (C=O) groups is 3. The molecule has 2 aromatic rings. The Morgan fingerprint density at radius 3 is 2.04 bits per heavy atom. The molecule has 0 fully saturated rings. The molecule has 6 nitrogen and oxygen atoms in total. The lowest BCUT2D eigenvalue weighted by molar-refractivity contribution is -0.146. The number of amides is 1. The molecule has 1 amide bonds. The Hall–Kier alpha value is -3.15. The highest BCUT2D eigenvalue weighted by Gasteiger charge is 2.37. The van der Waals surface area contributed by atoms with E-state index in [1.54, 1.807) is 48.5 Å². The molecule has 2 N–H and O–H groups in total. The number of aliphatic carboxylic acids is 1. The number of ketones is 1. The van der Waals surface area contributed by atoms with E-state index in [1.165, 1.54) is 6.92 Å². The molecule has 0 heterocycles. The van der Waals surface area contributed by atoms with Gasteiger partial charge in [-0.1, -0.05) is 60.7 Å². The van der Waals surface area contributed by atoms with Crippen LogP contribution < -0.4 is 5.32 Å². The number of benzene rings is 2. The molecular formula is C20H21NO5. The van der Waals surface area contributed by atoms with Gasteiger partial charge in [-0.15, -0.1) is 0 Å². The molecule has 0 aliphatic carbocycles. The van der Waals surface area contributed by atoms with Crippen molar-refractivity contribution in [3.63, 3.8) is 0 Å². The van der Waals surface area contributed by atoms with Crippen LogP contribution in [0.15, 0.2) is 60.7 Å². The third-order valence-electron chi connectivity index (χ3n) is 3.86. The molecule has 0 aliphatic rings. The lowest BCUT2D eigenvalue weighted by Crippen LogP contribution is -2.53. The van der Waals surface area contributed by atoms with Crippen molar-refractivity contribution in [3.05, 3.63) is 71.8 Å². The number of alkyl carbamates (subject to hydrolysis) is 1. The van der Waals surface area contributed by atoms with Crippen molar-refractivity contribution < 1.29 is 24.2 Å². The molecule has 0 aliphatic heterocycles. The molecule has 0 saturated carbocycles. The zero-order chi connectivity index (χ0) is 19.0. The van der Waals surface area contributed by atoms with E-state index in [2.05, 4.69) is 5.32 Å². The Bertz CT molecular complexity index is 760. The number of carboxylic acid groups (broad SMARTS) is 1. The highest BCUT2D eigenvalue weighted by atomic mass is 16.5. The second-order valence-corrected chi connectivity index (χ2v) is 6.20. The van der Waals surface area contributed by atoms with Gasteiger partial charge in [-0.25, -0.2) is 9.59 Å². The van der Waals surface area contributed by atoms with Crippen molar-refractivity contribution >= 4 is 17.8 Å². The van der Waals surface area contributed by atoms with E-state index in [1.807, 2.05) is 12.1 Å². The minimum atomic E-state index is -1.74. The fraction of sp³-hybridized carbons (Fsp3) is 0.250. The molecule has 136 valence electrons. The van der Waals surface area contributed by atoms with Gasteiger partial charge in [0, 0.05) is 12.8 Å². The van der Waals surface area contributed by atoms with Crippen LogP contribution in [0.4, 0.5) is 4.79 Å². The molecular weight excluding hydrogens is 334 g/mol. The number of ether oxygens (including phenoxy) is 1. The maximum Gasteiger partial charge on any atom is 0.408 e. The number of Topliss-reactive ketones (excluding diaryl/α,β-unsaturated/α-hetero) is 1. The molecule has 0 unspecified atom stereocenters. The summed E-state index contributed by atoms with van der Waals surface area (Å²) in [5.74, 6) is -1.58. The van der Waals surface area contributed by atoms with Crippen LogP contribution in [-0.4, -0.2) is 28.5 Å². The van der Waals surface area contributed by atoms with Crippen molar-refractivity contribution in [2.75, 3.05) is 0 Å². The topological polar surface area (TPSA) is 92.7 Å². The molecule has 1 atom stereocenters. The van der Waals surface area contributed by atoms with E-state index in [0.29, 0.717) is 0 Å². The van der Waals surface area contributed by atoms with E-state index in [9.17, 15) is 19.5 Å². The number of hydrogen-bond donors (Lipinski definition) is 2. The van der Waals surface area contributed by atoms with E-state index in [-0.39, 0.29) is 25.2 Å². The SMILES string of the molecule is C[C@@](CC(=O)Cc1ccccc1)(NC(=O)OCc1ccccc1)C(=O)O. The molecule has 0 radical (unpaired) electrons. The van der Waals surface area contributed by atoms with Gasteiger partial charge in [-0.05, 0) is 18.1 Å². The lowest BCUT2D eigenvalue weighted by Gasteiger charge is -2.25. The predicted molar refractivity (Wildman–Crippen MR) is 95.6 cm³/mol. The predicted octanol–water partition coefficient (Wildman–Crippen LogP) is 2.96. The molecule has 0 bridgehead atoms. The van der Waals surface area contributed by atoms with Crippen LogP contribution in [0, 0.1) is 0 Å². The number of carbonyl (C=O) groups excluding carboxylic acids is 2. The largest absolute Gasteiger partial charge is 0.480 e. The third-order valence-corrected chi connectivity index (χ3v) is 3.86. The Morgan fingerprint density at radius 2 is 1.50 bits per heavy atom. The first kappa shape index (κ1) is 19.2. The zero-order valence-electron chi connectivity index (χ0n) is 14.5. The molecule has 0 saturated heterocycles. The lowest BCUT2D eigenvalue weighted by atomic mass is 9.92. The molecule has 2 aromatic carbocycles. The van der Waals surface area contributed by atoms with Gasteiger partial charge in [0.1, 0.15) is 17.9 Å². The minimum Gasteiger partial charge on any atom is -0.480 e. The molecule has 0 spiro atoms. The van der Waals surface area contributed by atoms with Crippen LogP contribution >= 0.6 is 0 Å². The van der Waals surface area contributed by atoms with Crippen LogP contribution in [0.5, 0.6) is 0 Å². The quantitative estimate of drug-likeness (QED) is 0.759. The fourth-order valence-electron chi connectivity index (χ4n) is 2.44. The monoisotopic (exact) mass is 355 g/mol. The van der Waals surface area contributed by atoms with Gasteiger partial charge in [0.15, 0.2) is 0 Å². The summed E-state index contributed by atoms with van der Waals surface area (Å²) in [6.07, 6.45) is -1.12. The van der Waals surface area contributed by atoms with Gasteiger partial charge >= 0.3 is 12.1 Å². The summed E-state index contributed by atoms with van der Waals surface area (Å²) in [5.41, 5.74) is -0.170. The van der Waals surface area contributed by atoms with Gasteiger partial charge in [0.2, 0.25) is 0 Å². The molecule has 6 heteroatoms. The molecule has 0 aromatic heterocycles. The smallest absolute Gasteiger partial charge is 0.408 e. The Morgan fingerprint density at radius 1 is 0.962 bits per heavy atom. The van der Waals surface area contributed by atoms with Gasteiger partial charge < -0.3 is 15.2 Å². The third kappa shape index (κ3) is 5.73. The Balaban J connectivity index is 1.93. The van der Waals surface area contributed by atoms with Crippen molar-refractivity contribution in [1.82, 2.24) is 5.32 Å². The first-order chi connectivity index (χ1) is 12.4. The van der Waals surface area contributed by atoms with Crippen LogP contribution in [0.1, 0.15) is 24.5 Å². The van der Waals surface area contributed by atoms with E-state index in [4.69, 9.17) is 4.74 Å². The fourth-order valence-corrected chi connectivity index (χ4v) is 2.44. The second kappa shape index (κ2) is 8.80. The van der Waals surface area contributed by atoms with E-state index >= 15 is 0 Å². The van der Waals surface area contributed by atoms with Crippen molar-refractivity contribution in [1.29, 1.82) is 0 Å². The maximum absolute atomic E-state index is 12.2. The molecule has 26 heavy (non-hydrogen) atoms. The van der Waals surface area contributed by atoms with Crippen molar-refractivity contribution in [2.45, 2.75) is 31.9 Å². The highest BCUT2D eigenvalue weighted by molar-refractivity contribution is 5.92. The normalized spacial score (nSPS) is 12.7. The van der Waals surface area contributed by atoms with E-state index < -0.39 is 17.6 Å². The first-order valence-electron chi connectivity index (χ1n) is 8.17. The van der Waals surface area contributed by atoms with Crippen LogP contribution in [0.25, 0.3) is 0 Å². The van der Waals surface area contributed by atoms with Crippen LogP contribution in [-0.2, 0) is 27.4 Å². The minimum absolute atomic E-state index is 0.0142. The number of rotatable bonds is 8. The zero-order valence-corrected chi connectivity index (χ0v) is 14.5. The van der Waals surface area contributed by atoms with Crippen molar-refractivity contribution in [2.24, 2.45) is 0 Å². The number of hydrogen-bond acceptors (Lipinski definition) is 4. The Labute approximate surface area is 151 Å². The van der Waals surface area contributed by atoms with Crippen LogP contribution in [0.3, 0.4) is 0 Å². The number of carboxylic acids is 1. The first-order valence-corrected chi connectivity index (χ1v) is 8.17. The summed E-state index contributed by atoms with van der Waals surface area (Å²) in [5, 5.41) is 11.8. The van der Waals surface area contributed by atoms with Gasteiger partial charge in [0.05, 0.1) is 0 Å². The summed E-state index contributed by atoms with van der Waals surface area (Å²) < 4.78 is 5.05. The van der Waals surface area contributed by atoms with Crippen LogP contribution in [0.2, 0.25) is 0 Å². The van der Waals surface area contributed by atoms with Gasteiger partial charge in [-0.2, -0.15) is 0 Å². The summed E-state index contributed by atoms with van der Waals surface area (Å²) in [4.78, 5) is 35.8. The summed E-state index contributed by atoms with van der Waals surface area (Å²) in [6.45, 7) is 1.31. The highest BCUT2D eigenvalue weighted by Crippen LogP contribution is 2.14. The summed E-state index contributed by atoms with van der Waals surface area (Å²) >= 11 is 0. The van der Waals surface area contributed by atoms with E-state index in [0.717, 1.165) is 11.1 Å². The standard InChI is InChI=1S/C20H21NO5/c1-20(18(23)24,13-17(22)12-15-8-4-2-5-9-15)21-19(25)26-14-16-10-6-3-7-11-16/h2-11H,12-14H2,1H3,(H,21,25)(H,23,24)/t20-/m0/s1. The summed E-state index contributed by atoms with van der Waals surface area (Å²) in [7, 11) is 0. The average molecular weight is 355 g/mol. The second-order valence-electron chi connectivity index (χ2n) is 6.20. The average Bonchev–Trinajstić information content (AvgIpc) is 2.61. The maximum atomic E-state index is 12.2. The molecule has 2 rings (SSSR count). The van der Waals surface area contributed by atoms with Crippen molar-refractivity contribution in [3.8, 4) is 0 Å². The number of nitrogens with one attached hydrogen (secondary N) is 1. The van der Waals surface area contributed by atoms with Gasteiger partial charge in [-0.3, -0.25) is 4.79 Å². The Kier molecular flexibility index (Phi) is 6.49. The summed E-state index contributed by atoms with van der Waals surface area (Å²) in [6, 6.07) is 18.0. The van der Waals surface area contributed by atoms with Gasteiger partial charge in [0.25, 0.3) is 0 Å².